The molecular formula is C34H47FN6O4Si. The fraction of sp³-hybridized carbons (Fsp3) is 0.441. The largest absolute Gasteiger partial charge is 0.543 e. The number of nitrogens with zero attached hydrogens (tertiary/aromatic N) is 3. The van der Waals surface area contributed by atoms with E-state index in [1.165, 1.54) is 11.0 Å². The third-order valence-corrected chi connectivity index (χ3v) is 13.0. The molecule has 3 aromatic rings. The minimum absolute atomic E-state index is 0.0360. The molecule has 2 heterocycles. The number of carboxylic acid groups (broad SMARTS) is 1. The first-order valence-corrected chi connectivity index (χ1v) is 18.3. The van der Waals surface area contributed by atoms with Crippen LogP contribution in [0, 0.1) is 12.7 Å². The molecule has 0 spiro atoms. The predicted octanol–water partition coefficient (Wildman–Crippen LogP) is 8.18. The molecule has 0 atom stereocenters. The monoisotopic (exact) mass is 650 g/mol. The Kier molecular flexibility index (Phi) is 9.74. The molecule has 0 bridgehead atoms. The van der Waals surface area contributed by atoms with Gasteiger partial charge in [-0.15, -0.1) is 0 Å². The van der Waals surface area contributed by atoms with Crippen LogP contribution in [0.15, 0.2) is 42.6 Å². The predicted molar refractivity (Wildman–Crippen MR) is 185 cm³/mol. The summed E-state index contributed by atoms with van der Waals surface area (Å²) in [6, 6.07) is 10.5. The molecule has 0 saturated carbocycles. The van der Waals surface area contributed by atoms with E-state index in [2.05, 4.69) is 54.8 Å². The molecule has 0 saturated heterocycles. The number of pyridine rings is 1. The zero-order chi connectivity index (χ0) is 34.2. The highest BCUT2D eigenvalue weighted by Gasteiger charge is 2.39. The van der Waals surface area contributed by atoms with Crippen molar-refractivity contribution in [2.75, 3.05) is 36.1 Å². The number of anilines is 5. The zero-order valence-corrected chi connectivity index (χ0v) is 29.6. The molecule has 46 heavy (non-hydrogen) atoms. The molecule has 2 amide bonds. The smallest absolute Gasteiger partial charge is 0.407 e. The number of rotatable bonds is 9. The van der Waals surface area contributed by atoms with Crippen molar-refractivity contribution < 1.29 is 23.5 Å². The van der Waals surface area contributed by atoms with Gasteiger partial charge in [0.05, 0.1) is 22.7 Å². The first-order chi connectivity index (χ1) is 21.3. The number of benzene rings is 2. The quantitative estimate of drug-likeness (QED) is 0.171. The van der Waals surface area contributed by atoms with Crippen LogP contribution < -0.4 is 20.4 Å². The van der Waals surface area contributed by atoms with Crippen LogP contribution in [0.25, 0.3) is 0 Å². The summed E-state index contributed by atoms with van der Waals surface area (Å²) in [6.45, 7) is 19.6. The van der Waals surface area contributed by atoms with Crippen molar-refractivity contribution in [1.29, 1.82) is 0 Å². The lowest BCUT2D eigenvalue weighted by molar-refractivity contribution is 0.0929. The Bertz CT molecular complexity index is 1630. The standard InChI is InChI=1S/C34H47FN6O4Si/c1-21-17-23(35)26(19-28(21)45-46(9,10)34(5,6)7)37-25-13-14-36-30-29(25)31(42)39-27-18-22(11-12-24(27)38-30)20-40(8)15-16-41(32(43)44)33(2,3)4/h11-14,17-19H,15-16,20H2,1-10H3,(H,39,42)(H,43,44)(H2,36,37,38). The summed E-state index contributed by atoms with van der Waals surface area (Å²) in [5, 5.41) is 18.9. The number of carbonyl (C=O) groups excluding carboxylic acids is 1. The highest BCUT2D eigenvalue weighted by Crippen LogP contribution is 2.40. The van der Waals surface area contributed by atoms with Gasteiger partial charge in [0.25, 0.3) is 5.91 Å². The number of carbonyl (C=O) groups is 2. The first kappa shape index (κ1) is 34.7. The molecular weight excluding hydrogens is 603 g/mol. The number of amides is 2. The Balaban J connectivity index is 1.54. The van der Waals surface area contributed by atoms with Gasteiger partial charge < -0.3 is 35.3 Å². The fourth-order valence-corrected chi connectivity index (χ4v) is 5.99. The van der Waals surface area contributed by atoms with Gasteiger partial charge >= 0.3 is 6.09 Å². The minimum atomic E-state index is -2.19. The van der Waals surface area contributed by atoms with Crippen LogP contribution in [0.2, 0.25) is 18.1 Å². The van der Waals surface area contributed by atoms with Crippen molar-refractivity contribution in [2.24, 2.45) is 0 Å². The number of hydrogen-bond donors (Lipinski definition) is 4. The second-order valence-electron chi connectivity index (χ2n) is 14.5. The van der Waals surface area contributed by atoms with Crippen LogP contribution in [0.5, 0.6) is 5.75 Å². The molecule has 4 N–H and O–H groups in total. The summed E-state index contributed by atoms with van der Waals surface area (Å²) >= 11 is 0. The summed E-state index contributed by atoms with van der Waals surface area (Å²) < 4.78 is 21.8. The summed E-state index contributed by atoms with van der Waals surface area (Å²) in [5.74, 6) is 0.0954. The maximum Gasteiger partial charge on any atom is 0.407 e. The van der Waals surface area contributed by atoms with Crippen molar-refractivity contribution in [2.45, 2.75) is 78.7 Å². The third-order valence-electron chi connectivity index (χ3n) is 8.67. The van der Waals surface area contributed by atoms with Crippen molar-refractivity contribution in [3.05, 3.63) is 65.1 Å². The van der Waals surface area contributed by atoms with Gasteiger partial charge in [-0.05, 0) is 88.3 Å². The Morgan fingerprint density at radius 1 is 1.02 bits per heavy atom. The van der Waals surface area contributed by atoms with E-state index < -0.39 is 31.7 Å². The Morgan fingerprint density at radius 2 is 1.72 bits per heavy atom. The topological polar surface area (TPSA) is 119 Å². The van der Waals surface area contributed by atoms with Crippen molar-refractivity contribution in [3.8, 4) is 5.75 Å². The first-order valence-electron chi connectivity index (χ1n) is 15.4. The summed E-state index contributed by atoms with van der Waals surface area (Å²) in [4.78, 5) is 33.2. The Labute approximate surface area is 272 Å². The van der Waals surface area contributed by atoms with Crippen molar-refractivity contribution >= 4 is 48.9 Å². The molecule has 0 radical (unpaired) electrons. The van der Waals surface area contributed by atoms with Crippen LogP contribution in [0.1, 0.15) is 63.0 Å². The highest BCUT2D eigenvalue weighted by atomic mass is 28.4. The molecule has 12 heteroatoms. The fourth-order valence-electron chi connectivity index (χ4n) is 4.92. The van der Waals surface area contributed by atoms with E-state index in [0.717, 1.165) is 5.56 Å². The number of fused-ring (bicyclic) bond motifs is 2. The molecule has 0 unspecified atom stereocenters. The number of aromatic nitrogens is 1. The van der Waals surface area contributed by atoms with Crippen LogP contribution >= 0.6 is 0 Å². The Hall–Kier alpha value is -4.16. The van der Waals surface area contributed by atoms with E-state index in [9.17, 15) is 14.7 Å². The molecule has 10 nitrogen and oxygen atoms in total. The zero-order valence-electron chi connectivity index (χ0n) is 28.6. The van der Waals surface area contributed by atoms with Crippen LogP contribution in [-0.2, 0) is 6.54 Å². The lowest BCUT2D eigenvalue weighted by Gasteiger charge is -2.37. The van der Waals surface area contributed by atoms with Gasteiger partial charge in [-0.1, -0.05) is 26.8 Å². The molecule has 0 fully saturated rings. The molecule has 4 rings (SSSR count). The molecule has 0 aliphatic carbocycles. The normalized spacial score (nSPS) is 13.3. The lowest BCUT2D eigenvalue weighted by atomic mass is 10.1. The molecule has 1 aliphatic heterocycles. The van der Waals surface area contributed by atoms with Crippen LogP contribution in [-0.4, -0.2) is 65.9 Å². The van der Waals surface area contributed by atoms with E-state index in [0.29, 0.717) is 53.8 Å². The van der Waals surface area contributed by atoms with Gasteiger partial charge in [0.2, 0.25) is 8.32 Å². The molecule has 2 aromatic carbocycles. The summed E-state index contributed by atoms with van der Waals surface area (Å²) in [5.41, 5.74) is 3.22. The number of likely N-dealkylation sites (N-methyl/N-ethyl adjacent to an activating group) is 1. The average Bonchev–Trinajstić information content (AvgIpc) is 3.05. The van der Waals surface area contributed by atoms with E-state index in [-0.39, 0.29) is 16.3 Å². The van der Waals surface area contributed by atoms with Gasteiger partial charge in [-0.25, -0.2) is 14.2 Å². The van der Waals surface area contributed by atoms with E-state index in [4.69, 9.17) is 4.43 Å². The van der Waals surface area contributed by atoms with Crippen molar-refractivity contribution in [3.63, 3.8) is 0 Å². The van der Waals surface area contributed by atoms with Gasteiger partial charge in [0.15, 0.2) is 0 Å². The SMILES string of the molecule is Cc1cc(F)c(Nc2ccnc3c2C(=O)Nc2cc(CN(C)CCN(C(=O)O)C(C)(C)C)ccc2N3)cc1O[Si](C)(C)C(C)(C)C. The molecule has 1 aliphatic rings. The van der Waals surface area contributed by atoms with E-state index >= 15 is 4.39 Å². The maximum atomic E-state index is 15.3. The maximum absolute atomic E-state index is 15.3. The number of hydrogen-bond acceptors (Lipinski definition) is 7. The molecule has 248 valence electrons. The highest BCUT2D eigenvalue weighted by molar-refractivity contribution is 6.74. The lowest BCUT2D eigenvalue weighted by Crippen LogP contribution is -2.47. The summed E-state index contributed by atoms with van der Waals surface area (Å²) in [6.07, 6.45) is 0.610. The molecule has 1 aromatic heterocycles. The third kappa shape index (κ3) is 7.79. The number of halogens is 1. The second kappa shape index (κ2) is 12.9. The second-order valence-corrected chi connectivity index (χ2v) is 19.2. The number of nitrogens with one attached hydrogen (secondary N) is 3. The average molecular weight is 651 g/mol. The van der Waals surface area contributed by atoms with Crippen molar-refractivity contribution in [1.82, 2.24) is 14.8 Å². The van der Waals surface area contributed by atoms with Gasteiger partial charge in [-0.3, -0.25) is 4.79 Å². The summed E-state index contributed by atoms with van der Waals surface area (Å²) in [7, 11) is -0.261. The van der Waals surface area contributed by atoms with E-state index in [1.807, 2.05) is 57.8 Å². The van der Waals surface area contributed by atoms with Gasteiger partial charge in [-0.2, -0.15) is 0 Å². The van der Waals surface area contributed by atoms with Gasteiger partial charge in [0.1, 0.15) is 22.9 Å². The minimum Gasteiger partial charge on any atom is -0.543 e. The van der Waals surface area contributed by atoms with Crippen LogP contribution in [0.4, 0.5) is 37.8 Å². The van der Waals surface area contributed by atoms with E-state index in [1.54, 1.807) is 18.3 Å². The van der Waals surface area contributed by atoms with Gasteiger partial charge in [0, 0.05) is 37.4 Å². The Morgan fingerprint density at radius 3 is 2.35 bits per heavy atom. The van der Waals surface area contributed by atoms with Crippen LogP contribution in [0.3, 0.4) is 0 Å². The number of aryl methyl sites for hydroxylation is 1.